The molecule has 1 N–H and O–H groups in total. The highest BCUT2D eigenvalue weighted by molar-refractivity contribution is 7.99. The first-order valence-electron chi connectivity index (χ1n) is 13.6. The molecule has 0 bridgehead atoms. The lowest BCUT2D eigenvalue weighted by Gasteiger charge is -2.20. The fraction of sp³-hybridized carbons (Fsp3) is 0.312. The second-order valence-electron chi connectivity index (χ2n) is 10.7. The third kappa shape index (κ3) is 7.66. The molecule has 1 unspecified atom stereocenters. The molecular formula is C32H36N4O5S2. The van der Waals surface area contributed by atoms with Gasteiger partial charge < -0.3 is 19.5 Å². The molecule has 2 aromatic carbocycles. The number of hydrogen-bond donors (Lipinski definition) is 1. The highest BCUT2D eigenvalue weighted by Gasteiger charge is 2.24. The van der Waals surface area contributed by atoms with Crippen molar-refractivity contribution in [3.63, 3.8) is 0 Å². The molecule has 0 spiro atoms. The average molecular weight is 621 g/mol. The van der Waals surface area contributed by atoms with E-state index in [1.807, 2.05) is 53.3 Å². The van der Waals surface area contributed by atoms with E-state index in [1.165, 1.54) is 35.8 Å². The minimum atomic E-state index is -0.535. The third-order valence-corrected chi connectivity index (χ3v) is 8.48. The Labute approximate surface area is 260 Å². The van der Waals surface area contributed by atoms with Gasteiger partial charge in [0.2, 0.25) is 5.91 Å². The Bertz CT molecular complexity index is 1570. The summed E-state index contributed by atoms with van der Waals surface area (Å²) in [6.45, 7) is 12.7. The van der Waals surface area contributed by atoms with Gasteiger partial charge in [0.15, 0.2) is 17.1 Å². The zero-order valence-corrected chi connectivity index (χ0v) is 26.8. The Balaban J connectivity index is 1.46. The number of anilines is 1. The number of ether oxygens (including phenoxy) is 3. The van der Waals surface area contributed by atoms with Gasteiger partial charge in [-0.25, -0.2) is 4.79 Å². The number of allylic oxidation sites excluding steroid dienone is 1. The molecule has 0 aliphatic carbocycles. The van der Waals surface area contributed by atoms with Crippen LogP contribution in [0.3, 0.4) is 0 Å². The van der Waals surface area contributed by atoms with Crippen molar-refractivity contribution in [2.45, 2.75) is 50.9 Å². The molecule has 4 aromatic rings. The minimum absolute atomic E-state index is 0.0508. The Morgan fingerprint density at radius 1 is 1.07 bits per heavy atom. The maximum Gasteiger partial charge on any atom is 0.341 e. The number of benzene rings is 2. The number of rotatable bonds is 12. The molecule has 1 atom stereocenters. The van der Waals surface area contributed by atoms with Crippen LogP contribution >= 0.6 is 23.1 Å². The average Bonchev–Trinajstić information content (AvgIpc) is 3.60. The lowest BCUT2D eigenvalue weighted by atomic mass is 9.87. The van der Waals surface area contributed by atoms with Crippen LogP contribution in [-0.2, 0) is 21.5 Å². The van der Waals surface area contributed by atoms with Gasteiger partial charge in [-0.05, 0) is 47.7 Å². The summed E-state index contributed by atoms with van der Waals surface area (Å²) in [5.41, 5.74) is 3.04. The van der Waals surface area contributed by atoms with E-state index >= 15 is 0 Å². The van der Waals surface area contributed by atoms with Crippen molar-refractivity contribution >= 4 is 40.0 Å². The number of amides is 1. The van der Waals surface area contributed by atoms with Crippen molar-refractivity contribution in [3.05, 3.63) is 83.5 Å². The number of thioether (sulfide) groups is 1. The summed E-state index contributed by atoms with van der Waals surface area (Å²) in [6, 6.07) is 15.4. The molecule has 9 nitrogen and oxygen atoms in total. The number of carbonyl (C=O) groups is 2. The summed E-state index contributed by atoms with van der Waals surface area (Å²) >= 11 is 2.50. The molecule has 0 aliphatic rings. The third-order valence-electron chi connectivity index (χ3n) is 6.62. The highest BCUT2D eigenvalue weighted by atomic mass is 32.2. The molecule has 0 saturated heterocycles. The van der Waals surface area contributed by atoms with E-state index in [4.69, 9.17) is 14.2 Å². The Hall–Kier alpha value is -4.09. The van der Waals surface area contributed by atoms with Crippen LogP contribution in [0.25, 0.3) is 11.1 Å². The lowest BCUT2D eigenvalue weighted by molar-refractivity contribution is -0.113. The summed E-state index contributed by atoms with van der Waals surface area (Å²) < 4.78 is 18.3. The van der Waals surface area contributed by atoms with Gasteiger partial charge in [0.25, 0.3) is 0 Å². The van der Waals surface area contributed by atoms with Crippen molar-refractivity contribution in [2.75, 3.05) is 25.3 Å². The predicted molar refractivity (Wildman–Crippen MR) is 171 cm³/mol. The zero-order valence-electron chi connectivity index (χ0n) is 25.2. The quantitative estimate of drug-likeness (QED) is 0.101. The first kappa shape index (κ1) is 31.8. The molecule has 43 heavy (non-hydrogen) atoms. The van der Waals surface area contributed by atoms with Gasteiger partial charge in [0.05, 0.1) is 20.0 Å². The van der Waals surface area contributed by atoms with E-state index in [-0.39, 0.29) is 23.2 Å². The molecule has 0 saturated carbocycles. The van der Waals surface area contributed by atoms with Crippen molar-refractivity contribution in [3.8, 4) is 22.6 Å². The van der Waals surface area contributed by atoms with Gasteiger partial charge in [0.1, 0.15) is 22.1 Å². The van der Waals surface area contributed by atoms with Crippen LogP contribution in [0.1, 0.15) is 55.5 Å². The van der Waals surface area contributed by atoms with Gasteiger partial charge >= 0.3 is 5.97 Å². The van der Waals surface area contributed by atoms with Crippen molar-refractivity contribution < 1.29 is 23.8 Å². The minimum Gasteiger partial charge on any atom is -0.497 e. The van der Waals surface area contributed by atoms with E-state index in [0.29, 0.717) is 39.4 Å². The number of carbonyl (C=O) groups excluding carboxylic acids is 2. The summed E-state index contributed by atoms with van der Waals surface area (Å²) in [5.74, 6) is 1.28. The normalized spacial score (nSPS) is 12.0. The van der Waals surface area contributed by atoms with Gasteiger partial charge in [-0.15, -0.1) is 28.1 Å². The molecular weight excluding hydrogens is 585 g/mol. The van der Waals surface area contributed by atoms with Crippen molar-refractivity contribution in [2.24, 2.45) is 0 Å². The van der Waals surface area contributed by atoms with Crippen LogP contribution < -0.4 is 14.8 Å². The van der Waals surface area contributed by atoms with E-state index in [0.717, 1.165) is 11.3 Å². The number of nitrogens with zero attached hydrogens (tertiary/aromatic N) is 3. The second-order valence-corrected chi connectivity index (χ2v) is 12.5. The van der Waals surface area contributed by atoms with Crippen LogP contribution in [0.4, 0.5) is 5.00 Å². The van der Waals surface area contributed by atoms with E-state index < -0.39 is 5.97 Å². The van der Waals surface area contributed by atoms with Crippen LogP contribution in [0.5, 0.6) is 11.5 Å². The number of nitrogens with one attached hydrogen (secondary N) is 1. The molecule has 0 aliphatic heterocycles. The maximum atomic E-state index is 13.0. The predicted octanol–water partition coefficient (Wildman–Crippen LogP) is 7.16. The SMILES string of the molecule is C=CCn1c(SCC(=O)Nc2scc(-c3ccc(OC)cc3)c2C(=O)OC)nnc1C(C)Oc1ccc(C(C)(C)C)cc1. The topological polar surface area (TPSA) is 105 Å². The molecule has 11 heteroatoms. The van der Waals surface area contributed by atoms with Gasteiger partial charge in [0, 0.05) is 17.5 Å². The molecule has 0 radical (unpaired) electrons. The number of aromatic nitrogens is 3. The number of esters is 1. The molecule has 1 amide bonds. The molecule has 2 heterocycles. The van der Waals surface area contributed by atoms with Crippen LogP contribution in [0.2, 0.25) is 0 Å². The number of thiophene rings is 1. The summed E-state index contributed by atoms with van der Waals surface area (Å²) in [4.78, 5) is 25.7. The van der Waals surface area contributed by atoms with E-state index in [9.17, 15) is 9.59 Å². The largest absolute Gasteiger partial charge is 0.497 e. The number of hydrogen-bond acceptors (Lipinski definition) is 9. The first-order chi connectivity index (χ1) is 20.5. The lowest BCUT2D eigenvalue weighted by Crippen LogP contribution is -2.17. The van der Waals surface area contributed by atoms with Crippen molar-refractivity contribution in [1.29, 1.82) is 0 Å². The summed E-state index contributed by atoms with van der Waals surface area (Å²) in [5, 5.41) is 14.4. The standard InChI is InChI=1S/C32H36N4O5S2/c1-8-17-36-28(20(2)41-24-15-11-22(12-16-24)32(3,4)5)34-35-31(36)43-19-26(37)33-29-27(30(38)40-7)25(18-42-29)21-9-13-23(39-6)14-10-21/h8-16,18,20H,1,17,19H2,2-7H3,(H,33,37). The molecule has 2 aromatic heterocycles. The van der Waals surface area contributed by atoms with Crippen LogP contribution in [0, 0.1) is 0 Å². The Morgan fingerprint density at radius 2 is 1.74 bits per heavy atom. The Kier molecular flexibility index (Phi) is 10.3. The van der Waals surface area contributed by atoms with E-state index in [1.54, 1.807) is 13.2 Å². The first-order valence-corrected chi connectivity index (χ1v) is 15.5. The second kappa shape index (κ2) is 13.9. The molecule has 0 fully saturated rings. The van der Waals surface area contributed by atoms with Gasteiger partial charge in [-0.2, -0.15) is 0 Å². The fourth-order valence-corrected chi connectivity index (χ4v) is 6.06. The highest BCUT2D eigenvalue weighted by Crippen LogP contribution is 2.37. The fourth-order valence-electron chi connectivity index (χ4n) is 4.33. The van der Waals surface area contributed by atoms with Crippen LogP contribution in [0.15, 0.2) is 71.7 Å². The van der Waals surface area contributed by atoms with E-state index in [2.05, 4.69) is 55.0 Å². The Morgan fingerprint density at radius 3 is 2.35 bits per heavy atom. The smallest absolute Gasteiger partial charge is 0.341 e. The monoisotopic (exact) mass is 620 g/mol. The van der Waals surface area contributed by atoms with Gasteiger partial charge in [-0.1, -0.05) is 62.9 Å². The summed E-state index contributed by atoms with van der Waals surface area (Å²) in [6.07, 6.45) is 1.36. The molecule has 226 valence electrons. The summed E-state index contributed by atoms with van der Waals surface area (Å²) in [7, 11) is 2.90. The zero-order chi connectivity index (χ0) is 31.1. The van der Waals surface area contributed by atoms with Gasteiger partial charge in [-0.3, -0.25) is 9.36 Å². The number of methoxy groups -OCH3 is 2. The van der Waals surface area contributed by atoms with Crippen molar-refractivity contribution in [1.82, 2.24) is 14.8 Å². The maximum absolute atomic E-state index is 13.0. The van der Waals surface area contributed by atoms with Crippen LogP contribution in [-0.4, -0.2) is 46.6 Å². The molecule has 4 rings (SSSR count).